The topological polar surface area (TPSA) is 63.0 Å². The fourth-order valence-electron chi connectivity index (χ4n) is 3.23. The minimum atomic E-state index is -0.431. The first kappa shape index (κ1) is 18.0. The monoisotopic (exact) mass is 382 g/mol. The van der Waals surface area contributed by atoms with E-state index >= 15 is 0 Å². The zero-order valence-corrected chi connectivity index (χ0v) is 15.1. The fraction of sp³-hybridized carbons (Fsp3) is 0.238. The van der Waals surface area contributed by atoms with E-state index in [0.717, 1.165) is 11.1 Å². The molecule has 2 heterocycles. The van der Waals surface area contributed by atoms with Crippen molar-refractivity contribution < 1.29 is 18.3 Å². The van der Waals surface area contributed by atoms with Gasteiger partial charge in [-0.2, -0.15) is 0 Å². The zero-order valence-electron chi connectivity index (χ0n) is 15.1. The van der Waals surface area contributed by atoms with Gasteiger partial charge in [-0.1, -0.05) is 0 Å². The zero-order chi connectivity index (χ0) is 19.5. The molecule has 1 aliphatic rings. The minimum absolute atomic E-state index is 0.0842. The molecule has 1 fully saturated rings. The van der Waals surface area contributed by atoms with Crippen LogP contribution in [0, 0.1) is 5.82 Å². The Balaban J connectivity index is 1.32. The standard InChI is InChI=1S/C21H19FN2O4/c22-16-3-5-17(6-4-16)23-9-11-24(12-10-23)20(25)14-27-18-7-1-15-2-8-21(26)28-19(15)13-18/h1-8,13H,9-12,14H2. The highest BCUT2D eigenvalue weighted by molar-refractivity contribution is 5.79. The molecule has 3 aromatic rings. The first-order valence-corrected chi connectivity index (χ1v) is 9.03. The summed E-state index contributed by atoms with van der Waals surface area (Å²) in [5.74, 6) is 0.108. The summed E-state index contributed by atoms with van der Waals surface area (Å²) in [6, 6.07) is 14.5. The Kier molecular flexibility index (Phi) is 4.97. The minimum Gasteiger partial charge on any atom is -0.484 e. The highest BCUT2D eigenvalue weighted by Gasteiger charge is 2.21. The highest BCUT2D eigenvalue weighted by Crippen LogP contribution is 2.20. The van der Waals surface area contributed by atoms with Crippen molar-refractivity contribution in [3.63, 3.8) is 0 Å². The fourth-order valence-corrected chi connectivity index (χ4v) is 3.23. The van der Waals surface area contributed by atoms with Gasteiger partial charge in [0.2, 0.25) is 0 Å². The molecule has 0 spiro atoms. The van der Waals surface area contributed by atoms with Crippen molar-refractivity contribution in [1.29, 1.82) is 0 Å². The lowest BCUT2D eigenvalue weighted by Gasteiger charge is -2.36. The van der Waals surface area contributed by atoms with Gasteiger partial charge in [-0.15, -0.1) is 0 Å². The van der Waals surface area contributed by atoms with Gasteiger partial charge in [0, 0.05) is 49.4 Å². The van der Waals surface area contributed by atoms with Gasteiger partial charge >= 0.3 is 5.63 Å². The van der Waals surface area contributed by atoms with E-state index in [4.69, 9.17) is 9.15 Å². The van der Waals surface area contributed by atoms with E-state index in [9.17, 15) is 14.0 Å². The van der Waals surface area contributed by atoms with Crippen molar-refractivity contribution in [2.24, 2.45) is 0 Å². The second-order valence-corrected chi connectivity index (χ2v) is 6.59. The number of nitrogens with zero attached hydrogens (tertiary/aromatic N) is 2. The Labute approximate surface area is 160 Å². The van der Waals surface area contributed by atoms with Crippen LogP contribution in [0.4, 0.5) is 10.1 Å². The number of benzene rings is 2. The summed E-state index contributed by atoms with van der Waals surface area (Å²) in [7, 11) is 0. The summed E-state index contributed by atoms with van der Waals surface area (Å²) in [6.07, 6.45) is 0. The van der Waals surface area contributed by atoms with Crippen LogP contribution in [0.2, 0.25) is 0 Å². The number of halogens is 1. The quantitative estimate of drug-likeness (QED) is 0.649. The molecule has 144 valence electrons. The first-order chi connectivity index (χ1) is 13.6. The average Bonchev–Trinajstić information content (AvgIpc) is 2.72. The summed E-state index contributed by atoms with van der Waals surface area (Å²) < 4.78 is 23.8. The van der Waals surface area contributed by atoms with Gasteiger partial charge in [-0.05, 0) is 42.5 Å². The Morgan fingerprint density at radius 2 is 1.71 bits per heavy atom. The molecule has 0 bridgehead atoms. The Hall–Kier alpha value is -3.35. The lowest BCUT2D eigenvalue weighted by molar-refractivity contribution is -0.133. The van der Waals surface area contributed by atoms with Crippen LogP contribution in [0.3, 0.4) is 0 Å². The molecule has 1 saturated heterocycles. The van der Waals surface area contributed by atoms with Gasteiger partial charge in [-0.25, -0.2) is 9.18 Å². The summed E-state index contributed by atoms with van der Waals surface area (Å²) in [5, 5.41) is 0.787. The van der Waals surface area contributed by atoms with Crippen LogP contribution in [-0.2, 0) is 4.79 Å². The second kappa shape index (κ2) is 7.72. The largest absolute Gasteiger partial charge is 0.484 e. The van der Waals surface area contributed by atoms with Crippen molar-refractivity contribution in [2.45, 2.75) is 0 Å². The van der Waals surface area contributed by atoms with Gasteiger partial charge in [0.15, 0.2) is 6.61 Å². The van der Waals surface area contributed by atoms with Gasteiger partial charge < -0.3 is 19.0 Å². The molecule has 1 amide bonds. The number of ether oxygens (including phenoxy) is 1. The van der Waals surface area contributed by atoms with E-state index in [1.54, 1.807) is 41.3 Å². The molecule has 2 aromatic carbocycles. The predicted octanol–water partition coefficient (Wildman–Crippen LogP) is 2.66. The van der Waals surface area contributed by atoms with Gasteiger partial charge in [0.05, 0.1) is 0 Å². The van der Waals surface area contributed by atoms with E-state index in [1.165, 1.54) is 18.2 Å². The van der Waals surface area contributed by atoms with Gasteiger partial charge in [0.25, 0.3) is 5.91 Å². The van der Waals surface area contributed by atoms with Gasteiger partial charge in [0.1, 0.15) is 17.1 Å². The van der Waals surface area contributed by atoms with Gasteiger partial charge in [-0.3, -0.25) is 4.79 Å². The highest BCUT2D eigenvalue weighted by atomic mass is 19.1. The molecule has 4 rings (SSSR count). The molecular weight excluding hydrogens is 363 g/mol. The van der Waals surface area contributed by atoms with Crippen LogP contribution in [-0.4, -0.2) is 43.6 Å². The number of hydrogen-bond acceptors (Lipinski definition) is 5. The summed E-state index contributed by atoms with van der Waals surface area (Å²) in [6.45, 7) is 2.43. The SMILES string of the molecule is O=C(COc1ccc2ccc(=O)oc2c1)N1CCN(c2ccc(F)cc2)CC1. The molecule has 1 aliphatic heterocycles. The summed E-state index contributed by atoms with van der Waals surface area (Å²) in [4.78, 5) is 27.6. The number of rotatable bonds is 4. The molecule has 7 heteroatoms. The van der Waals surface area contributed by atoms with E-state index in [0.29, 0.717) is 37.5 Å². The number of hydrogen-bond donors (Lipinski definition) is 0. The Bertz CT molecular complexity index is 1040. The lowest BCUT2D eigenvalue weighted by atomic mass is 10.2. The Morgan fingerprint density at radius 1 is 1.00 bits per heavy atom. The molecule has 6 nitrogen and oxygen atoms in total. The molecule has 0 N–H and O–H groups in total. The molecule has 0 radical (unpaired) electrons. The molecule has 0 saturated carbocycles. The van der Waals surface area contributed by atoms with Crippen molar-refractivity contribution in [2.75, 3.05) is 37.7 Å². The number of amides is 1. The van der Waals surface area contributed by atoms with Crippen LogP contribution in [0.15, 0.2) is 63.8 Å². The van der Waals surface area contributed by atoms with Crippen LogP contribution >= 0.6 is 0 Å². The maximum absolute atomic E-state index is 13.0. The van der Waals surface area contributed by atoms with Crippen molar-refractivity contribution in [3.05, 3.63) is 70.8 Å². The average molecular weight is 382 g/mol. The van der Waals surface area contributed by atoms with E-state index in [1.807, 2.05) is 0 Å². The number of piperazine rings is 1. The molecule has 28 heavy (non-hydrogen) atoms. The molecule has 0 atom stereocenters. The molecule has 0 unspecified atom stereocenters. The summed E-state index contributed by atoms with van der Waals surface area (Å²) >= 11 is 0. The third kappa shape index (κ3) is 3.98. The smallest absolute Gasteiger partial charge is 0.336 e. The number of fused-ring (bicyclic) bond motifs is 1. The van der Waals surface area contributed by atoms with Crippen LogP contribution in [0.25, 0.3) is 11.0 Å². The number of anilines is 1. The van der Waals surface area contributed by atoms with Crippen LogP contribution < -0.4 is 15.3 Å². The summed E-state index contributed by atoms with van der Waals surface area (Å²) in [5.41, 5.74) is 0.938. The number of carbonyl (C=O) groups excluding carboxylic acids is 1. The normalized spacial score (nSPS) is 14.3. The molecule has 0 aliphatic carbocycles. The van der Waals surface area contributed by atoms with Crippen LogP contribution in [0.5, 0.6) is 5.75 Å². The van der Waals surface area contributed by atoms with Crippen molar-refractivity contribution >= 4 is 22.6 Å². The third-order valence-electron chi connectivity index (χ3n) is 4.78. The maximum atomic E-state index is 13.0. The van der Waals surface area contributed by atoms with E-state index < -0.39 is 5.63 Å². The molecular formula is C21H19FN2O4. The van der Waals surface area contributed by atoms with E-state index in [2.05, 4.69) is 4.90 Å². The van der Waals surface area contributed by atoms with Crippen molar-refractivity contribution in [3.8, 4) is 5.75 Å². The molecule has 1 aromatic heterocycles. The number of carbonyl (C=O) groups is 1. The predicted molar refractivity (Wildman–Crippen MR) is 103 cm³/mol. The Morgan fingerprint density at radius 3 is 2.46 bits per heavy atom. The van der Waals surface area contributed by atoms with Crippen LogP contribution in [0.1, 0.15) is 0 Å². The van der Waals surface area contributed by atoms with E-state index in [-0.39, 0.29) is 18.3 Å². The first-order valence-electron chi connectivity index (χ1n) is 9.03. The lowest BCUT2D eigenvalue weighted by Crippen LogP contribution is -2.50. The maximum Gasteiger partial charge on any atom is 0.336 e. The second-order valence-electron chi connectivity index (χ2n) is 6.59. The van der Waals surface area contributed by atoms with Crippen molar-refractivity contribution in [1.82, 2.24) is 4.90 Å². The third-order valence-corrected chi connectivity index (χ3v) is 4.78.